The van der Waals surface area contributed by atoms with E-state index in [4.69, 9.17) is 5.11 Å². The standard InChI is InChI=1S/C14H26N2O3/c17-10-9-15-11-14(19)16-13(18)8-4-7-12-5-2-1-3-6-12/h12,15,17H,1-11H2,(H,16,18,19). The largest absolute Gasteiger partial charge is 0.395 e. The summed E-state index contributed by atoms with van der Waals surface area (Å²) in [6, 6.07) is 0. The van der Waals surface area contributed by atoms with Crippen molar-refractivity contribution in [2.45, 2.75) is 51.4 Å². The summed E-state index contributed by atoms with van der Waals surface area (Å²) >= 11 is 0. The molecule has 0 spiro atoms. The number of hydrogen-bond acceptors (Lipinski definition) is 4. The topological polar surface area (TPSA) is 78.4 Å². The molecule has 0 aliphatic heterocycles. The molecule has 19 heavy (non-hydrogen) atoms. The summed E-state index contributed by atoms with van der Waals surface area (Å²) in [6.07, 6.45) is 9.00. The second kappa shape index (κ2) is 9.92. The fourth-order valence-corrected chi connectivity index (χ4v) is 2.57. The molecule has 0 aromatic carbocycles. The van der Waals surface area contributed by atoms with Gasteiger partial charge in [0.15, 0.2) is 0 Å². The lowest BCUT2D eigenvalue weighted by Crippen LogP contribution is -2.38. The lowest BCUT2D eigenvalue weighted by Gasteiger charge is -2.21. The number of carbonyl (C=O) groups excluding carboxylic acids is 2. The van der Waals surface area contributed by atoms with Gasteiger partial charge in [0.05, 0.1) is 13.2 Å². The molecule has 1 fully saturated rings. The first-order chi connectivity index (χ1) is 9.22. The molecule has 0 radical (unpaired) electrons. The van der Waals surface area contributed by atoms with E-state index in [0.29, 0.717) is 13.0 Å². The normalized spacial score (nSPS) is 16.3. The van der Waals surface area contributed by atoms with Crippen LogP contribution in [0.15, 0.2) is 0 Å². The second-order valence-electron chi connectivity index (χ2n) is 5.27. The molecule has 0 unspecified atom stereocenters. The number of carbonyl (C=O) groups is 2. The zero-order valence-corrected chi connectivity index (χ0v) is 11.6. The zero-order chi connectivity index (χ0) is 13.9. The first-order valence-corrected chi connectivity index (χ1v) is 7.36. The van der Waals surface area contributed by atoms with Gasteiger partial charge in [0.1, 0.15) is 0 Å². The minimum absolute atomic E-state index is 0.0113. The highest BCUT2D eigenvalue weighted by Gasteiger charge is 2.14. The van der Waals surface area contributed by atoms with Crippen LogP contribution in [0.2, 0.25) is 0 Å². The van der Waals surface area contributed by atoms with Crippen molar-refractivity contribution >= 4 is 11.8 Å². The van der Waals surface area contributed by atoms with Crippen LogP contribution in [0.1, 0.15) is 51.4 Å². The van der Waals surface area contributed by atoms with Gasteiger partial charge in [-0.2, -0.15) is 0 Å². The van der Waals surface area contributed by atoms with Crippen molar-refractivity contribution in [1.29, 1.82) is 0 Å². The van der Waals surface area contributed by atoms with E-state index in [1.54, 1.807) is 0 Å². The number of rotatable bonds is 8. The molecule has 110 valence electrons. The number of amides is 2. The highest BCUT2D eigenvalue weighted by atomic mass is 16.3. The molecule has 0 saturated heterocycles. The van der Waals surface area contributed by atoms with Crippen LogP contribution < -0.4 is 10.6 Å². The third-order valence-electron chi connectivity index (χ3n) is 3.59. The van der Waals surface area contributed by atoms with E-state index in [1.807, 2.05) is 0 Å². The fraction of sp³-hybridized carbons (Fsp3) is 0.857. The molecule has 1 rings (SSSR count). The molecular formula is C14H26N2O3. The predicted molar refractivity (Wildman–Crippen MR) is 73.5 cm³/mol. The Balaban J connectivity index is 2.02. The van der Waals surface area contributed by atoms with E-state index in [-0.39, 0.29) is 25.0 Å². The lowest BCUT2D eigenvalue weighted by molar-refractivity contribution is -0.130. The molecule has 0 atom stereocenters. The molecule has 5 nitrogen and oxygen atoms in total. The van der Waals surface area contributed by atoms with Crippen LogP contribution >= 0.6 is 0 Å². The molecule has 0 heterocycles. The van der Waals surface area contributed by atoms with Crippen molar-refractivity contribution in [3.05, 3.63) is 0 Å². The van der Waals surface area contributed by atoms with Crippen molar-refractivity contribution in [2.24, 2.45) is 5.92 Å². The summed E-state index contributed by atoms with van der Waals surface area (Å²) in [4.78, 5) is 22.8. The number of hydrogen-bond donors (Lipinski definition) is 3. The van der Waals surface area contributed by atoms with Crippen LogP contribution in [0, 0.1) is 5.92 Å². The van der Waals surface area contributed by atoms with Gasteiger partial charge in [-0.1, -0.05) is 32.1 Å². The van der Waals surface area contributed by atoms with E-state index in [9.17, 15) is 9.59 Å². The Morgan fingerprint density at radius 2 is 1.84 bits per heavy atom. The molecule has 1 saturated carbocycles. The minimum atomic E-state index is -0.323. The van der Waals surface area contributed by atoms with Crippen molar-refractivity contribution in [3.8, 4) is 0 Å². The second-order valence-corrected chi connectivity index (χ2v) is 5.27. The Bertz CT molecular complexity index is 276. The Morgan fingerprint density at radius 1 is 1.11 bits per heavy atom. The van der Waals surface area contributed by atoms with Crippen molar-refractivity contribution in [2.75, 3.05) is 19.7 Å². The van der Waals surface area contributed by atoms with Gasteiger partial charge in [0.25, 0.3) is 0 Å². The molecule has 1 aliphatic rings. The maximum absolute atomic E-state index is 11.5. The SMILES string of the molecule is O=C(CCCC1CCCCC1)NC(=O)CNCCO. The third-order valence-corrected chi connectivity index (χ3v) is 3.59. The third kappa shape index (κ3) is 7.95. The van der Waals surface area contributed by atoms with Crippen LogP contribution in [-0.2, 0) is 9.59 Å². The van der Waals surface area contributed by atoms with Crippen molar-refractivity contribution in [3.63, 3.8) is 0 Å². The van der Waals surface area contributed by atoms with Gasteiger partial charge in [-0.15, -0.1) is 0 Å². The highest BCUT2D eigenvalue weighted by Crippen LogP contribution is 2.27. The Morgan fingerprint density at radius 3 is 2.53 bits per heavy atom. The minimum Gasteiger partial charge on any atom is -0.395 e. The molecule has 0 aromatic heterocycles. The van der Waals surface area contributed by atoms with Crippen LogP contribution in [0.4, 0.5) is 0 Å². The predicted octanol–water partition coefficient (Wildman–Crippen LogP) is 0.962. The van der Waals surface area contributed by atoms with E-state index in [0.717, 1.165) is 18.8 Å². The molecule has 2 amide bonds. The molecule has 1 aliphatic carbocycles. The quantitative estimate of drug-likeness (QED) is 0.574. The van der Waals surface area contributed by atoms with Gasteiger partial charge in [-0.3, -0.25) is 14.9 Å². The number of imide groups is 1. The average molecular weight is 270 g/mol. The van der Waals surface area contributed by atoms with E-state index >= 15 is 0 Å². The first-order valence-electron chi connectivity index (χ1n) is 7.36. The highest BCUT2D eigenvalue weighted by molar-refractivity contribution is 5.96. The van der Waals surface area contributed by atoms with Crippen LogP contribution in [0.5, 0.6) is 0 Å². The average Bonchev–Trinajstić information content (AvgIpc) is 2.40. The summed E-state index contributed by atoms with van der Waals surface area (Å²) in [5, 5.41) is 13.6. The van der Waals surface area contributed by atoms with Gasteiger partial charge in [-0.05, 0) is 18.8 Å². The first kappa shape index (κ1) is 16.1. The lowest BCUT2D eigenvalue weighted by atomic mass is 9.86. The van der Waals surface area contributed by atoms with E-state index in [2.05, 4.69) is 10.6 Å². The smallest absolute Gasteiger partial charge is 0.240 e. The van der Waals surface area contributed by atoms with Gasteiger partial charge in [0, 0.05) is 13.0 Å². The maximum atomic E-state index is 11.5. The summed E-state index contributed by atoms with van der Waals surface area (Å²) in [5.74, 6) is 0.270. The van der Waals surface area contributed by atoms with Crippen molar-refractivity contribution < 1.29 is 14.7 Å². The molecule has 0 bridgehead atoms. The zero-order valence-electron chi connectivity index (χ0n) is 11.6. The number of aliphatic hydroxyl groups is 1. The summed E-state index contributed by atoms with van der Waals surface area (Å²) in [5.41, 5.74) is 0. The maximum Gasteiger partial charge on any atom is 0.240 e. The monoisotopic (exact) mass is 270 g/mol. The summed E-state index contributed by atoms with van der Waals surface area (Å²) in [7, 11) is 0. The van der Waals surface area contributed by atoms with Crippen LogP contribution in [0.25, 0.3) is 0 Å². The van der Waals surface area contributed by atoms with E-state index < -0.39 is 0 Å². The van der Waals surface area contributed by atoms with Gasteiger partial charge in [0.2, 0.25) is 11.8 Å². The number of aliphatic hydroxyl groups excluding tert-OH is 1. The van der Waals surface area contributed by atoms with Gasteiger partial charge < -0.3 is 10.4 Å². The van der Waals surface area contributed by atoms with Gasteiger partial charge in [-0.25, -0.2) is 0 Å². The Kier molecular flexibility index (Phi) is 8.41. The molecular weight excluding hydrogens is 244 g/mol. The van der Waals surface area contributed by atoms with Crippen LogP contribution in [-0.4, -0.2) is 36.6 Å². The van der Waals surface area contributed by atoms with Crippen molar-refractivity contribution in [1.82, 2.24) is 10.6 Å². The van der Waals surface area contributed by atoms with Crippen LogP contribution in [0.3, 0.4) is 0 Å². The van der Waals surface area contributed by atoms with Gasteiger partial charge >= 0.3 is 0 Å². The molecule has 3 N–H and O–H groups in total. The molecule has 0 aromatic rings. The summed E-state index contributed by atoms with van der Waals surface area (Å²) < 4.78 is 0. The Labute approximate surface area is 115 Å². The van der Waals surface area contributed by atoms with E-state index in [1.165, 1.54) is 32.1 Å². The summed E-state index contributed by atoms with van der Waals surface area (Å²) in [6.45, 7) is 0.431. The number of nitrogens with one attached hydrogen (secondary N) is 2. The Hall–Kier alpha value is -0.940. The fourth-order valence-electron chi connectivity index (χ4n) is 2.57. The molecule has 5 heteroatoms.